The molecule has 0 fully saturated rings. The van der Waals surface area contributed by atoms with E-state index in [1.54, 1.807) is 24.3 Å². The molecule has 2 N–H and O–H groups in total. The van der Waals surface area contributed by atoms with Gasteiger partial charge in [-0.05, 0) is 42.8 Å². The van der Waals surface area contributed by atoms with Gasteiger partial charge in [0.2, 0.25) is 0 Å². The van der Waals surface area contributed by atoms with Crippen LogP contribution in [0.15, 0.2) is 72.8 Å². The SMILES string of the molecule is Cc1cccc(CNC(=O)c2ccc(Cl)c(C(=O)Nc3ccccc3)c2)c1. The van der Waals surface area contributed by atoms with Gasteiger partial charge in [0.05, 0.1) is 10.6 Å². The van der Waals surface area contributed by atoms with Crippen LogP contribution in [0.4, 0.5) is 5.69 Å². The highest BCUT2D eigenvalue weighted by molar-refractivity contribution is 6.34. The molecule has 5 heteroatoms. The van der Waals surface area contributed by atoms with Gasteiger partial charge in [0.25, 0.3) is 11.8 Å². The molecule has 27 heavy (non-hydrogen) atoms. The first-order valence-corrected chi connectivity index (χ1v) is 8.90. The lowest BCUT2D eigenvalue weighted by atomic mass is 10.1. The second-order valence-electron chi connectivity index (χ2n) is 6.19. The van der Waals surface area contributed by atoms with E-state index in [1.807, 2.05) is 49.4 Å². The van der Waals surface area contributed by atoms with Crippen LogP contribution < -0.4 is 10.6 Å². The molecule has 3 aromatic rings. The number of amides is 2. The molecule has 4 nitrogen and oxygen atoms in total. The zero-order valence-corrected chi connectivity index (χ0v) is 15.6. The van der Waals surface area contributed by atoms with Crippen molar-refractivity contribution in [1.82, 2.24) is 5.32 Å². The Balaban J connectivity index is 1.72. The molecule has 136 valence electrons. The Kier molecular flexibility index (Phi) is 5.89. The standard InChI is InChI=1S/C22H19ClN2O2/c1-15-6-5-7-16(12-15)14-24-21(26)17-10-11-20(23)19(13-17)22(27)25-18-8-3-2-4-9-18/h2-13H,14H2,1H3,(H,24,26)(H,25,27). The lowest BCUT2D eigenvalue weighted by Crippen LogP contribution is -2.23. The lowest BCUT2D eigenvalue weighted by Gasteiger charge is -2.10. The van der Waals surface area contributed by atoms with E-state index < -0.39 is 0 Å². The number of hydrogen-bond acceptors (Lipinski definition) is 2. The van der Waals surface area contributed by atoms with E-state index >= 15 is 0 Å². The van der Waals surface area contributed by atoms with Crippen molar-refractivity contribution < 1.29 is 9.59 Å². The van der Waals surface area contributed by atoms with Crippen LogP contribution >= 0.6 is 11.6 Å². The minimum absolute atomic E-state index is 0.253. The molecule has 0 unspecified atom stereocenters. The fourth-order valence-electron chi connectivity index (χ4n) is 2.67. The first-order chi connectivity index (χ1) is 13.0. The number of nitrogens with one attached hydrogen (secondary N) is 2. The summed E-state index contributed by atoms with van der Waals surface area (Å²) >= 11 is 6.16. The molecule has 0 aromatic heterocycles. The Morgan fingerprint density at radius 2 is 1.67 bits per heavy atom. The summed E-state index contributed by atoms with van der Waals surface area (Å²) in [7, 11) is 0. The molecule has 2 amide bonds. The Labute approximate surface area is 163 Å². The van der Waals surface area contributed by atoms with Crippen LogP contribution in [0.2, 0.25) is 5.02 Å². The number of carbonyl (C=O) groups is 2. The van der Waals surface area contributed by atoms with Crippen LogP contribution in [0.25, 0.3) is 0 Å². The second kappa shape index (κ2) is 8.52. The van der Waals surface area contributed by atoms with E-state index in [2.05, 4.69) is 10.6 Å². The van der Waals surface area contributed by atoms with E-state index in [9.17, 15) is 9.59 Å². The first-order valence-electron chi connectivity index (χ1n) is 8.52. The minimum atomic E-state index is -0.362. The third kappa shape index (κ3) is 4.96. The van der Waals surface area contributed by atoms with E-state index in [1.165, 1.54) is 6.07 Å². The zero-order chi connectivity index (χ0) is 19.2. The minimum Gasteiger partial charge on any atom is -0.348 e. The first kappa shape index (κ1) is 18.7. The topological polar surface area (TPSA) is 58.2 Å². The predicted molar refractivity (Wildman–Crippen MR) is 108 cm³/mol. The summed E-state index contributed by atoms with van der Waals surface area (Å²) in [6, 6.07) is 21.7. The molecule has 0 aliphatic rings. The zero-order valence-electron chi connectivity index (χ0n) is 14.8. The number of benzene rings is 3. The van der Waals surface area contributed by atoms with Crippen molar-refractivity contribution in [3.05, 3.63) is 100 Å². The molecule has 0 radical (unpaired) electrons. The van der Waals surface area contributed by atoms with Crippen LogP contribution in [0.1, 0.15) is 31.8 Å². The third-order valence-corrected chi connectivity index (χ3v) is 4.37. The van der Waals surface area contributed by atoms with E-state index in [4.69, 9.17) is 11.6 Å². The summed E-state index contributed by atoms with van der Waals surface area (Å²) in [6.07, 6.45) is 0. The van der Waals surface area contributed by atoms with Crippen molar-refractivity contribution in [2.24, 2.45) is 0 Å². The molecule has 3 rings (SSSR count). The molecule has 0 aliphatic carbocycles. The second-order valence-corrected chi connectivity index (χ2v) is 6.59. The van der Waals surface area contributed by atoms with Crippen LogP contribution in [-0.4, -0.2) is 11.8 Å². The van der Waals surface area contributed by atoms with Gasteiger partial charge in [-0.25, -0.2) is 0 Å². The van der Waals surface area contributed by atoms with Gasteiger partial charge >= 0.3 is 0 Å². The van der Waals surface area contributed by atoms with Crippen LogP contribution in [0, 0.1) is 6.92 Å². The van der Waals surface area contributed by atoms with Gasteiger partial charge in [0, 0.05) is 17.8 Å². The lowest BCUT2D eigenvalue weighted by molar-refractivity contribution is 0.0951. The molecule has 0 saturated carbocycles. The third-order valence-electron chi connectivity index (χ3n) is 4.04. The number of anilines is 1. The number of halogens is 1. The Morgan fingerprint density at radius 1 is 0.889 bits per heavy atom. The van der Waals surface area contributed by atoms with Gasteiger partial charge in [-0.1, -0.05) is 59.6 Å². The average Bonchev–Trinajstić information content (AvgIpc) is 2.67. The van der Waals surface area contributed by atoms with Crippen molar-refractivity contribution >= 4 is 29.1 Å². The van der Waals surface area contributed by atoms with Gasteiger partial charge < -0.3 is 10.6 Å². The van der Waals surface area contributed by atoms with Crippen molar-refractivity contribution in [2.45, 2.75) is 13.5 Å². The number of aryl methyl sites for hydroxylation is 1. The number of hydrogen-bond donors (Lipinski definition) is 2. The quantitative estimate of drug-likeness (QED) is 0.668. The maximum absolute atomic E-state index is 12.5. The van der Waals surface area contributed by atoms with E-state index in [0.717, 1.165) is 11.1 Å². The van der Waals surface area contributed by atoms with Crippen molar-refractivity contribution in [1.29, 1.82) is 0 Å². The Morgan fingerprint density at radius 3 is 2.41 bits per heavy atom. The molecule has 0 atom stereocenters. The summed E-state index contributed by atoms with van der Waals surface area (Å²) in [5, 5.41) is 5.93. The monoisotopic (exact) mass is 378 g/mol. The average molecular weight is 379 g/mol. The van der Waals surface area contributed by atoms with E-state index in [-0.39, 0.29) is 17.4 Å². The van der Waals surface area contributed by atoms with Crippen LogP contribution in [0.5, 0.6) is 0 Å². The highest BCUT2D eigenvalue weighted by atomic mass is 35.5. The summed E-state index contributed by atoms with van der Waals surface area (Å²) in [5.74, 6) is -0.624. The Hall–Kier alpha value is -3.11. The molecule has 0 heterocycles. The number of carbonyl (C=O) groups excluding carboxylic acids is 2. The van der Waals surface area contributed by atoms with Gasteiger partial charge in [0.15, 0.2) is 0 Å². The molecular weight excluding hydrogens is 360 g/mol. The van der Waals surface area contributed by atoms with Crippen molar-refractivity contribution in [2.75, 3.05) is 5.32 Å². The summed E-state index contributed by atoms with van der Waals surface area (Å²) in [4.78, 5) is 25.0. The molecule has 0 spiro atoms. The predicted octanol–water partition coefficient (Wildman–Crippen LogP) is 4.83. The van der Waals surface area contributed by atoms with Crippen molar-refractivity contribution in [3.8, 4) is 0 Å². The van der Waals surface area contributed by atoms with E-state index in [0.29, 0.717) is 22.8 Å². The van der Waals surface area contributed by atoms with Gasteiger partial charge in [-0.3, -0.25) is 9.59 Å². The molecular formula is C22H19ClN2O2. The smallest absolute Gasteiger partial charge is 0.257 e. The Bertz CT molecular complexity index is 971. The molecule has 0 saturated heterocycles. The molecule has 0 bridgehead atoms. The largest absolute Gasteiger partial charge is 0.348 e. The maximum atomic E-state index is 12.5. The van der Waals surface area contributed by atoms with Gasteiger partial charge in [0.1, 0.15) is 0 Å². The van der Waals surface area contributed by atoms with Crippen LogP contribution in [0.3, 0.4) is 0 Å². The maximum Gasteiger partial charge on any atom is 0.257 e. The normalized spacial score (nSPS) is 10.3. The molecule has 3 aromatic carbocycles. The molecule has 0 aliphatic heterocycles. The van der Waals surface area contributed by atoms with Gasteiger partial charge in [-0.2, -0.15) is 0 Å². The summed E-state index contributed by atoms with van der Waals surface area (Å²) in [6.45, 7) is 2.41. The van der Waals surface area contributed by atoms with Gasteiger partial charge in [-0.15, -0.1) is 0 Å². The number of para-hydroxylation sites is 1. The fraction of sp³-hybridized carbons (Fsp3) is 0.0909. The highest BCUT2D eigenvalue weighted by Crippen LogP contribution is 2.20. The summed E-state index contributed by atoms with van der Waals surface area (Å²) in [5.41, 5.74) is 3.44. The van der Waals surface area contributed by atoms with Crippen molar-refractivity contribution in [3.63, 3.8) is 0 Å². The highest BCUT2D eigenvalue weighted by Gasteiger charge is 2.14. The summed E-state index contributed by atoms with van der Waals surface area (Å²) < 4.78 is 0. The number of rotatable bonds is 5. The fourth-order valence-corrected chi connectivity index (χ4v) is 2.87. The van der Waals surface area contributed by atoms with Crippen LogP contribution in [-0.2, 0) is 6.54 Å².